The standard InChI is InChI=1S/C34H50S2/c1-3-5-7-9-10-12-13-15-27-17-19-28(20-18-27)29-21-23-30(24-22-29)32-26-34-33(36-32)25-31(35-34)16-14-11-8-6-4-2/h21-28H,3-20H2,1-2H3/t27-,28-. The van der Waals surface area contributed by atoms with Crippen molar-refractivity contribution in [3.63, 3.8) is 0 Å². The predicted octanol–water partition coefficient (Wildman–Crippen LogP) is 12.6. The van der Waals surface area contributed by atoms with Crippen molar-refractivity contribution in [3.05, 3.63) is 46.8 Å². The molecule has 1 saturated carbocycles. The topological polar surface area (TPSA) is 0 Å². The molecule has 0 amide bonds. The van der Waals surface area contributed by atoms with Gasteiger partial charge in [0.05, 0.1) is 0 Å². The molecule has 0 unspecified atom stereocenters. The Morgan fingerprint density at radius 3 is 1.92 bits per heavy atom. The summed E-state index contributed by atoms with van der Waals surface area (Å²) in [7, 11) is 0. The first-order valence-electron chi connectivity index (χ1n) is 15.4. The predicted molar refractivity (Wildman–Crippen MR) is 165 cm³/mol. The van der Waals surface area contributed by atoms with E-state index in [1.54, 1.807) is 10.4 Å². The number of hydrogen-bond donors (Lipinski definition) is 0. The summed E-state index contributed by atoms with van der Waals surface area (Å²) in [5.41, 5.74) is 2.98. The van der Waals surface area contributed by atoms with Crippen LogP contribution in [0.4, 0.5) is 0 Å². The number of unbranched alkanes of at least 4 members (excludes halogenated alkanes) is 10. The first-order valence-corrected chi connectivity index (χ1v) is 17.0. The highest BCUT2D eigenvalue weighted by atomic mass is 32.1. The second kappa shape index (κ2) is 15.3. The smallest absolute Gasteiger partial charge is 0.0460 e. The lowest BCUT2D eigenvalue weighted by atomic mass is 9.77. The Labute approximate surface area is 229 Å². The third-order valence-electron chi connectivity index (χ3n) is 8.51. The van der Waals surface area contributed by atoms with E-state index in [1.807, 2.05) is 22.7 Å². The lowest BCUT2D eigenvalue weighted by molar-refractivity contribution is 0.302. The van der Waals surface area contributed by atoms with Crippen molar-refractivity contribution in [1.29, 1.82) is 0 Å². The maximum Gasteiger partial charge on any atom is 0.0460 e. The average Bonchev–Trinajstić information content (AvgIpc) is 3.48. The number of hydrogen-bond acceptors (Lipinski definition) is 2. The molecule has 1 fully saturated rings. The van der Waals surface area contributed by atoms with Crippen LogP contribution in [0.1, 0.15) is 139 Å². The molecule has 0 bridgehead atoms. The van der Waals surface area contributed by atoms with Crippen molar-refractivity contribution in [2.24, 2.45) is 5.92 Å². The molecule has 1 aliphatic rings. The molecule has 0 radical (unpaired) electrons. The third-order valence-corrected chi connectivity index (χ3v) is 10.9. The second-order valence-corrected chi connectivity index (χ2v) is 13.7. The van der Waals surface area contributed by atoms with Gasteiger partial charge in [0.2, 0.25) is 0 Å². The van der Waals surface area contributed by atoms with Crippen molar-refractivity contribution in [2.75, 3.05) is 0 Å². The number of thiophene rings is 2. The molecule has 1 aliphatic carbocycles. The molecule has 0 N–H and O–H groups in total. The Morgan fingerprint density at radius 2 is 1.25 bits per heavy atom. The van der Waals surface area contributed by atoms with Crippen LogP contribution in [0, 0.1) is 5.92 Å². The summed E-state index contributed by atoms with van der Waals surface area (Å²) < 4.78 is 2.98. The van der Waals surface area contributed by atoms with Gasteiger partial charge in [0.15, 0.2) is 0 Å². The highest BCUT2D eigenvalue weighted by Gasteiger charge is 2.22. The molecule has 3 aromatic rings. The molecule has 2 aromatic heterocycles. The summed E-state index contributed by atoms with van der Waals surface area (Å²) >= 11 is 4.01. The molecule has 0 spiro atoms. The zero-order valence-electron chi connectivity index (χ0n) is 23.2. The monoisotopic (exact) mass is 522 g/mol. The molecule has 198 valence electrons. The Balaban J connectivity index is 1.19. The van der Waals surface area contributed by atoms with Gasteiger partial charge in [-0.3, -0.25) is 0 Å². The quantitative estimate of drug-likeness (QED) is 0.164. The fourth-order valence-electron chi connectivity index (χ4n) is 6.15. The van der Waals surface area contributed by atoms with Gasteiger partial charge in [0, 0.05) is 19.2 Å². The zero-order valence-corrected chi connectivity index (χ0v) is 24.8. The average molecular weight is 523 g/mol. The lowest BCUT2D eigenvalue weighted by Gasteiger charge is -2.29. The van der Waals surface area contributed by atoms with Crippen LogP contribution >= 0.6 is 22.7 Å². The molecule has 0 saturated heterocycles. The maximum atomic E-state index is 2.47. The minimum absolute atomic E-state index is 0.788. The summed E-state index contributed by atoms with van der Waals surface area (Å²) in [5.74, 6) is 1.78. The Bertz CT molecular complexity index is 953. The number of benzene rings is 1. The number of fused-ring (bicyclic) bond motifs is 1. The van der Waals surface area contributed by atoms with Gasteiger partial charge in [0.25, 0.3) is 0 Å². The van der Waals surface area contributed by atoms with E-state index in [0.29, 0.717) is 0 Å². The van der Waals surface area contributed by atoms with Gasteiger partial charge >= 0.3 is 0 Å². The summed E-state index contributed by atoms with van der Waals surface area (Å²) in [6.07, 6.45) is 25.4. The van der Waals surface area contributed by atoms with Gasteiger partial charge in [0.1, 0.15) is 0 Å². The molecule has 36 heavy (non-hydrogen) atoms. The van der Waals surface area contributed by atoms with Crippen molar-refractivity contribution in [2.45, 2.75) is 135 Å². The third kappa shape index (κ3) is 8.45. The molecular weight excluding hydrogens is 473 g/mol. The molecule has 2 heteroatoms. The number of rotatable bonds is 16. The van der Waals surface area contributed by atoms with E-state index in [4.69, 9.17) is 0 Å². The van der Waals surface area contributed by atoms with Crippen LogP contribution in [-0.4, -0.2) is 0 Å². The Hall–Kier alpha value is -1.12. The van der Waals surface area contributed by atoms with E-state index < -0.39 is 0 Å². The van der Waals surface area contributed by atoms with Crippen LogP contribution in [0.2, 0.25) is 0 Å². The van der Waals surface area contributed by atoms with Crippen molar-refractivity contribution < 1.29 is 0 Å². The van der Waals surface area contributed by atoms with E-state index in [9.17, 15) is 0 Å². The SMILES string of the molecule is CCCCCCCCC[C@H]1CC[C@H](c2ccc(-c3cc4sc(CCCCCCC)cc4s3)cc2)CC1. The summed E-state index contributed by atoms with van der Waals surface area (Å²) in [6, 6.07) is 14.6. The van der Waals surface area contributed by atoms with Gasteiger partial charge in [-0.2, -0.15) is 0 Å². The molecule has 4 rings (SSSR count). The van der Waals surface area contributed by atoms with Gasteiger partial charge in [-0.25, -0.2) is 0 Å². The van der Waals surface area contributed by atoms with E-state index in [-0.39, 0.29) is 0 Å². The second-order valence-electron chi connectivity index (χ2n) is 11.5. The van der Waals surface area contributed by atoms with Gasteiger partial charge in [-0.05, 0) is 73.6 Å². The highest BCUT2D eigenvalue weighted by Crippen LogP contribution is 2.41. The van der Waals surface area contributed by atoms with Crippen molar-refractivity contribution in [1.82, 2.24) is 0 Å². The summed E-state index contributed by atoms with van der Waals surface area (Å²) in [4.78, 5) is 3.02. The molecular formula is C34H50S2. The zero-order chi connectivity index (χ0) is 25.0. The van der Waals surface area contributed by atoms with E-state index >= 15 is 0 Å². The van der Waals surface area contributed by atoms with E-state index in [2.05, 4.69) is 50.2 Å². The van der Waals surface area contributed by atoms with E-state index in [1.165, 1.54) is 135 Å². The van der Waals surface area contributed by atoms with Crippen LogP contribution in [0.15, 0.2) is 36.4 Å². The largest absolute Gasteiger partial charge is 0.139 e. The molecule has 2 heterocycles. The van der Waals surface area contributed by atoms with Crippen LogP contribution in [0.5, 0.6) is 0 Å². The summed E-state index contributed by atoms with van der Waals surface area (Å²) in [6.45, 7) is 4.60. The Morgan fingerprint density at radius 1 is 0.639 bits per heavy atom. The van der Waals surface area contributed by atoms with Crippen LogP contribution < -0.4 is 0 Å². The molecule has 0 nitrogen and oxygen atoms in total. The van der Waals surface area contributed by atoms with E-state index in [0.717, 1.165) is 11.8 Å². The minimum Gasteiger partial charge on any atom is -0.139 e. The lowest BCUT2D eigenvalue weighted by Crippen LogP contribution is -2.13. The minimum atomic E-state index is 0.788. The fourth-order valence-corrected chi connectivity index (χ4v) is 8.62. The van der Waals surface area contributed by atoms with Crippen LogP contribution in [0.25, 0.3) is 19.8 Å². The van der Waals surface area contributed by atoms with Gasteiger partial charge < -0.3 is 0 Å². The highest BCUT2D eigenvalue weighted by molar-refractivity contribution is 7.29. The Kier molecular flexibility index (Phi) is 11.9. The molecule has 0 atom stereocenters. The first-order chi connectivity index (χ1) is 17.8. The van der Waals surface area contributed by atoms with Crippen LogP contribution in [-0.2, 0) is 6.42 Å². The van der Waals surface area contributed by atoms with Gasteiger partial charge in [-0.15, -0.1) is 22.7 Å². The molecule has 0 aliphatic heterocycles. The number of aryl methyl sites for hydroxylation is 1. The molecule has 1 aromatic carbocycles. The van der Waals surface area contributed by atoms with Crippen molar-refractivity contribution in [3.8, 4) is 10.4 Å². The van der Waals surface area contributed by atoms with Gasteiger partial charge in [-0.1, -0.05) is 115 Å². The van der Waals surface area contributed by atoms with Crippen LogP contribution in [0.3, 0.4) is 0 Å². The first kappa shape index (κ1) is 27.9. The maximum absolute atomic E-state index is 2.47. The normalized spacial score (nSPS) is 18.3. The fraction of sp³-hybridized carbons (Fsp3) is 0.647. The summed E-state index contributed by atoms with van der Waals surface area (Å²) in [5, 5.41) is 0. The van der Waals surface area contributed by atoms with Crippen molar-refractivity contribution >= 4 is 32.1 Å².